The molecule has 0 spiro atoms. The summed E-state index contributed by atoms with van der Waals surface area (Å²) >= 11 is 5.29. The van der Waals surface area contributed by atoms with Crippen molar-refractivity contribution in [1.82, 2.24) is 10.3 Å². The van der Waals surface area contributed by atoms with E-state index in [1.54, 1.807) is 35.2 Å². The molecule has 2 N–H and O–H groups in total. The molecule has 170 valence electrons. The summed E-state index contributed by atoms with van der Waals surface area (Å²) < 4.78 is 15.2. The van der Waals surface area contributed by atoms with Gasteiger partial charge in [-0.15, -0.1) is 11.3 Å². The van der Waals surface area contributed by atoms with E-state index >= 15 is 0 Å². The largest absolute Gasteiger partial charge is 0.344 e. The summed E-state index contributed by atoms with van der Waals surface area (Å²) in [4.78, 5) is 29.1. The van der Waals surface area contributed by atoms with Gasteiger partial charge >= 0.3 is 0 Å². The van der Waals surface area contributed by atoms with Crippen molar-refractivity contribution in [2.24, 2.45) is 0 Å². The average molecular weight is 492 g/mol. The number of thioether (sulfide) groups is 2. The second-order valence-corrected chi connectivity index (χ2v) is 11.6. The lowest BCUT2D eigenvalue weighted by Crippen LogP contribution is -2.44. The quantitative estimate of drug-likeness (QED) is 0.295. The first-order valence-electron chi connectivity index (χ1n) is 10.3. The number of benzene rings is 2. The monoisotopic (exact) mass is 491 g/mol. The Morgan fingerprint density at radius 1 is 1.12 bits per heavy atom. The highest BCUT2D eigenvalue weighted by molar-refractivity contribution is 8.04. The fourth-order valence-corrected chi connectivity index (χ4v) is 6.01. The third-order valence-corrected chi connectivity index (χ3v) is 7.97. The first kappa shape index (κ1) is 24.5. The van der Waals surface area contributed by atoms with E-state index < -0.39 is 6.04 Å². The zero-order valence-corrected chi connectivity index (χ0v) is 20.6. The van der Waals surface area contributed by atoms with Gasteiger partial charge in [0.2, 0.25) is 11.8 Å². The number of aromatic nitrogens is 1. The molecule has 1 atom stereocenters. The van der Waals surface area contributed by atoms with Crippen molar-refractivity contribution in [3.8, 4) is 0 Å². The minimum absolute atomic E-state index is 0.268. The summed E-state index contributed by atoms with van der Waals surface area (Å²) in [6.45, 7) is 5.76. The van der Waals surface area contributed by atoms with Gasteiger partial charge in [0.15, 0.2) is 4.34 Å². The zero-order chi connectivity index (χ0) is 23.1. The Bertz CT molecular complexity index is 1070. The molecule has 0 aliphatic rings. The van der Waals surface area contributed by atoms with Crippen molar-refractivity contribution in [3.63, 3.8) is 0 Å². The smallest absolute Gasteiger partial charge is 0.247 e. The summed E-state index contributed by atoms with van der Waals surface area (Å²) in [6, 6.07) is 10.7. The molecule has 3 rings (SSSR count). The molecule has 32 heavy (non-hydrogen) atoms. The van der Waals surface area contributed by atoms with Crippen LogP contribution < -0.4 is 10.6 Å². The van der Waals surface area contributed by atoms with Gasteiger partial charge in [0.1, 0.15) is 11.9 Å². The molecule has 2 amide bonds. The van der Waals surface area contributed by atoms with Crippen LogP contribution in [0.1, 0.15) is 26.3 Å². The van der Waals surface area contributed by atoms with Crippen LogP contribution in [0.4, 0.5) is 10.1 Å². The van der Waals surface area contributed by atoms with Crippen LogP contribution in [-0.2, 0) is 16.0 Å². The topological polar surface area (TPSA) is 71.1 Å². The number of hydrogen-bond acceptors (Lipinski definition) is 6. The fourth-order valence-electron chi connectivity index (χ4n) is 3.00. The van der Waals surface area contributed by atoms with Gasteiger partial charge in [-0.2, -0.15) is 11.8 Å². The van der Waals surface area contributed by atoms with Gasteiger partial charge in [0.25, 0.3) is 0 Å². The average Bonchev–Trinajstić information content (AvgIpc) is 3.14. The van der Waals surface area contributed by atoms with Crippen LogP contribution in [0.25, 0.3) is 10.2 Å². The van der Waals surface area contributed by atoms with E-state index in [2.05, 4.69) is 29.5 Å². The summed E-state index contributed by atoms with van der Waals surface area (Å²) in [6.07, 6.45) is 0.268. The second-order valence-electron chi connectivity index (χ2n) is 7.50. The summed E-state index contributed by atoms with van der Waals surface area (Å²) in [5, 5.41) is 6.19. The molecule has 0 bridgehead atoms. The molecule has 0 saturated carbocycles. The minimum Gasteiger partial charge on any atom is -0.344 e. The Balaban J connectivity index is 1.66. The van der Waals surface area contributed by atoms with Crippen LogP contribution in [0.5, 0.6) is 0 Å². The maximum atomic E-state index is 13.2. The van der Waals surface area contributed by atoms with Crippen molar-refractivity contribution >= 4 is 62.6 Å². The Hall–Kier alpha value is -2.10. The van der Waals surface area contributed by atoms with Crippen molar-refractivity contribution in [2.45, 2.75) is 42.8 Å². The van der Waals surface area contributed by atoms with E-state index in [0.717, 1.165) is 31.6 Å². The van der Waals surface area contributed by atoms with Crippen molar-refractivity contribution in [1.29, 1.82) is 0 Å². The van der Waals surface area contributed by atoms with Crippen LogP contribution in [0.3, 0.4) is 0 Å². The van der Waals surface area contributed by atoms with E-state index in [4.69, 9.17) is 0 Å². The zero-order valence-electron chi connectivity index (χ0n) is 18.2. The van der Waals surface area contributed by atoms with Crippen LogP contribution in [0, 0.1) is 5.82 Å². The first-order valence-corrected chi connectivity index (χ1v) is 13.1. The molecular weight excluding hydrogens is 465 g/mol. The number of amides is 2. The molecule has 0 aliphatic heterocycles. The number of carbonyl (C=O) groups is 2. The molecular formula is C23H26FN3O2S3. The van der Waals surface area contributed by atoms with Gasteiger partial charge in [-0.05, 0) is 41.1 Å². The maximum Gasteiger partial charge on any atom is 0.247 e. The molecule has 0 fully saturated rings. The first-order chi connectivity index (χ1) is 15.3. The highest BCUT2D eigenvalue weighted by Gasteiger charge is 2.20. The van der Waals surface area contributed by atoms with E-state index in [-0.39, 0.29) is 24.1 Å². The van der Waals surface area contributed by atoms with Crippen LogP contribution in [0.2, 0.25) is 0 Å². The van der Waals surface area contributed by atoms with Gasteiger partial charge in [-0.1, -0.05) is 37.7 Å². The molecule has 9 heteroatoms. The van der Waals surface area contributed by atoms with Crippen LogP contribution >= 0.6 is 34.9 Å². The Morgan fingerprint density at radius 3 is 2.56 bits per heavy atom. The number of thiazole rings is 1. The summed E-state index contributed by atoms with van der Waals surface area (Å²) in [7, 11) is 0. The fraction of sp³-hybridized carbons (Fsp3) is 0.348. The third kappa shape index (κ3) is 7.50. The minimum atomic E-state index is -0.764. The summed E-state index contributed by atoms with van der Waals surface area (Å²) in [5.41, 5.74) is 2.31. The number of hydrogen-bond donors (Lipinski definition) is 2. The molecule has 5 nitrogen and oxygen atoms in total. The van der Waals surface area contributed by atoms with Crippen molar-refractivity contribution in [3.05, 3.63) is 53.8 Å². The molecule has 0 saturated heterocycles. The Morgan fingerprint density at radius 2 is 1.88 bits per heavy atom. The number of rotatable bonds is 10. The van der Waals surface area contributed by atoms with Crippen molar-refractivity contribution < 1.29 is 14.0 Å². The number of fused-ring (bicyclic) bond motifs is 1. The number of nitrogens with zero attached hydrogens (tertiary/aromatic N) is 1. The van der Waals surface area contributed by atoms with Crippen molar-refractivity contribution in [2.75, 3.05) is 16.8 Å². The Labute approximate surface area is 200 Å². The van der Waals surface area contributed by atoms with Crippen LogP contribution in [-0.4, -0.2) is 39.6 Å². The van der Waals surface area contributed by atoms with E-state index in [9.17, 15) is 14.0 Å². The highest BCUT2D eigenvalue weighted by atomic mass is 32.2. The van der Waals surface area contributed by atoms with Gasteiger partial charge < -0.3 is 10.6 Å². The molecule has 1 heterocycles. The number of halogens is 1. The van der Waals surface area contributed by atoms with E-state index in [1.807, 2.05) is 30.0 Å². The van der Waals surface area contributed by atoms with Gasteiger partial charge in [0, 0.05) is 30.5 Å². The van der Waals surface area contributed by atoms with Gasteiger partial charge in [0.05, 0.1) is 10.2 Å². The number of anilines is 1. The predicted molar refractivity (Wildman–Crippen MR) is 134 cm³/mol. The van der Waals surface area contributed by atoms with Gasteiger partial charge in [-0.3, -0.25) is 9.59 Å². The van der Waals surface area contributed by atoms with E-state index in [0.29, 0.717) is 10.9 Å². The molecule has 0 radical (unpaired) electrons. The van der Waals surface area contributed by atoms with Crippen LogP contribution in [0.15, 0.2) is 46.8 Å². The predicted octanol–water partition coefficient (Wildman–Crippen LogP) is 5.36. The molecule has 0 aliphatic carbocycles. The number of carbonyl (C=O) groups excluding carboxylic acids is 2. The van der Waals surface area contributed by atoms with E-state index in [1.165, 1.54) is 19.1 Å². The number of nitrogens with one attached hydrogen (secondary N) is 2. The summed E-state index contributed by atoms with van der Waals surface area (Å²) in [5.74, 6) is 1.12. The molecule has 3 aromatic rings. The lowest BCUT2D eigenvalue weighted by Gasteiger charge is -2.18. The lowest BCUT2D eigenvalue weighted by molar-refractivity contribution is -0.125. The lowest BCUT2D eigenvalue weighted by atomic mass is 10.0. The molecule has 2 aromatic carbocycles. The SMILES string of the molecule is CC(=O)NC(Cc1ccc(F)cc1)C(=O)Nc1ccc2nc(SCCSC(C)C)sc2c1. The Kier molecular flexibility index (Phi) is 8.95. The molecule has 1 unspecified atom stereocenters. The second kappa shape index (κ2) is 11.7. The third-order valence-electron chi connectivity index (χ3n) is 4.44. The molecule has 1 aromatic heterocycles. The van der Waals surface area contributed by atoms with Gasteiger partial charge in [-0.25, -0.2) is 9.37 Å². The maximum absolute atomic E-state index is 13.2. The highest BCUT2D eigenvalue weighted by Crippen LogP contribution is 2.32. The standard InChI is InChI=1S/C23H26FN3O2S3/c1-14(2)30-10-11-31-23-27-19-9-8-18(13-21(19)32-23)26-22(29)20(25-15(3)28)12-16-4-6-17(24)7-5-16/h4-9,13-14,20H,10-12H2,1-3H3,(H,25,28)(H,26,29). The normalized spacial score (nSPS) is 12.2.